The fraction of sp³-hybridized carbons (Fsp3) is 0.125. The first-order chi connectivity index (χ1) is 12.6. The third-order valence-electron chi connectivity index (χ3n) is 3.74. The molecule has 0 atom stereocenters. The minimum Gasteiger partial charge on any atom is -0.315 e. The molecule has 0 aliphatic heterocycles. The number of aryl methyl sites for hydroxylation is 1. The summed E-state index contributed by atoms with van der Waals surface area (Å²) >= 11 is 5.72. The first-order valence-corrected chi connectivity index (χ1v) is 7.77. The summed E-state index contributed by atoms with van der Waals surface area (Å²) in [5.74, 6) is -0.843. The number of carbonyl (C=O) groups excluding carboxylic acids is 1. The van der Waals surface area contributed by atoms with Gasteiger partial charge in [0.2, 0.25) is 0 Å². The van der Waals surface area contributed by atoms with E-state index < -0.39 is 28.3 Å². The lowest BCUT2D eigenvalue weighted by Crippen LogP contribution is -2.17. The van der Waals surface area contributed by atoms with E-state index in [0.29, 0.717) is 0 Å². The van der Waals surface area contributed by atoms with Crippen LogP contribution >= 0.6 is 11.6 Å². The Balaban J connectivity index is 2.06. The average Bonchev–Trinajstić information content (AvgIpc) is 2.90. The molecule has 11 heteroatoms. The number of alkyl halides is 3. The molecule has 0 saturated heterocycles. The fourth-order valence-corrected chi connectivity index (χ4v) is 2.71. The van der Waals surface area contributed by atoms with Crippen molar-refractivity contribution >= 4 is 34.5 Å². The number of nitrogens with one attached hydrogen (secondary N) is 1. The molecule has 0 fully saturated rings. The summed E-state index contributed by atoms with van der Waals surface area (Å²) in [6.45, 7) is 1.45. The molecule has 0 unspecified atom stereocenters. The summed E-state index contributed by atoms with van der Waals surface area (Å²) in [5.41, 5.74) is -1.41. The zero-order valence-corrected chi connectivity index (χ0v) is 14.3. The Kier molecular flexibility index (Phi) is 4.52. The molecular formula is C16H10ClF3N4O3. The number of nitro groups is 1. The lowest BCUT2D eigenvalue weighted by molar-refractivity contribution is -0.383. The number of imidazole rings is 1. The zero-order chi connectivity index (χ0) is 19.9. The van der Waals surface area contributed by atoms with Crippen LogP contribution in [0.2, 0.25) is 5.02 Å². The number of rotatable bonds is 3. The number of aromatic nitrogens is 2. The maximum Gasteiger partial charge on any atom is 0.417 e. The fourth-order valence-electron chi connectivity index (χ4n) is 2.55. The van der Waals surface area contributed by atoms with Crippen molar-refractivity contribution in [3.63, 3.8) is 0 Å². The molecule has 1 aromatic carbocycles. The van der Waals surface area contributed by atoms with Crippen LogP contribution in [0.15, 0.2) is 36.5 Å². The number of fused-ring (bicyclic) bond motifs is 1. The molecular weight excluding hydrogens is 389 g/mol. The van der Waals surface area contributed by atoms with E-state index in [-0.39, 0.29) is 27.7 Å². The van der Waals surface area contributed by atoms with E-state index in [2.05, 4.69) is 10.3 Å². The highest BCUT2D eigenvalue weighted by Crippen LogP contribution is 2.31. The van der Waals surface area contributed by atoms with Crippen molar-refractivity contribution in [1.82, 2.24) is 9.38 Å². The second-order valence-corrected chi connectivity index (χ2v) is 6.00. The van der Waals surface area contributed by atoms with Gasteiger partial charge in [-0.25, -0.2) is 4.98 Å². The number of carbonyl (C=O) groups is 1. The number of anilines is 1. The Labute approximate surface area is 154 Å². The highest BCUT2D eigenvalue weighted by Gasteiger charge is 2.32. The van der Waals surface area contributed by atoms with Gasteiger partial charge in [0.1, 0.15) is 17.0 Å². The van der Waals surface area contributed by atoms with Crippen LogP contribution in [0.5, 0.6) is 0 Å². The monoisotopic (exact) mass is 398 g/mol. The summed E-state index contributed by atoms with van der Waals surface area (Å²) < 4.78 is 39.9. The summed E-state index contributed by atoms with van der Waals surface area (Å²) in [6.07, 6.45) is -3.85. The smallest absolute Gasteiger partial charge is 0.315 e. The van der Waals surface area contributed by atoms with Gasteiger partial charge in [0.15, 0.2) is 0 Å². The van der Waals surface area contributed by atoms with Crippen LogP contribution in [0.1, 0.15) is 21.7 Å². The van der Waals surface area contributed by atoms with E-state index in [9.17, 15) is 28.1 Å². The molecule has 140 valence electrons. The van der Waals surface area contributed by atoms with Gasteiger partial charge in [0.05, 0.1) is 16.2 Å². The molecule has 2 aromatic heterocycles. The highest BCUT2D eigenvalue weighted by molar-refractivity contribution is 6.31. The van der Waals surface area contributed by atoms with E-state index in [1.54, 1.807) is 0 Å². The van der Waals surface area contributed by atoms with Crippen LogP contribution in [0.4, 0.5) is 24.5 Å². The van der Waals surface area contributed by atoms with Crippen molar-refractivity contribution in [1.29, 1.82) is 0 Å². The van der Waals surface area contributed by atoms with Crippen molar-refractivity contribution in [3.05, 3.63) is 68.6 Å². The standard InChI is InChI=1S/C16H10ClF3N4O3/c1-8-14(23-7-9(16(18,19)20)2-5-13(23)21-8)15(25)22-11-4-3-10(17)6-12(11)24(26)27/h2-7H,1H3,(H,22,25). The van der Waals surface area contributed by atoms with Crippen LogP contribution in [-0.4, -0.2) is 20.2 Å². The Bertz CT molecular complexity index is 1080. The molecule has 27 heavy (non-hydrogen) atoms. The maximum absolute atomic E-state index is 13.0. The van der Waals surface area contributed by atoms with Crippen LogP contribution in [-0.2, 0) is 6.18 Å². The second-order valence-electron chi connectivity index (χ2n) is 5.56. The van der Waals surface area contributed by atoms with E-state index in [1.807, 2.05) is 0 Å². The Morgan fingerprint density at radius 1 is 1.30 bits per heavy atom. The van der Waals surface area contributed by atoms with E-state index >= 15 is 0 Å². The van der Waals surface area contributed by atoms with Gasteiger partial charge in [0, 0.05) is 17.3 Å². The molecule has 3 rings (SSSR count). The molecule has 0 radical (unpaired) electrons. The zero-order valence-electron chi connectivity index (χ0n) is 13.5. The van der Waals surface area contributed by atoms with E-state index in [1.165, 1.54) is 19.1 Å². The molecule has 0 aliphatic rings. The molecule has 0 spiro atoms. The number of nitro benzene ring substituents is 1. The first-order valence-electron chi connectivity index (χ1n) is 7.39. The van der Waals surface area contributed by atoms with Gasteiger partial charge in [-0.15, -0.1) is 0 Å². The van der Waals surface area contributed by atoms with Crippen molar-refractivity contribution in [2.75, 3.05) is 5.32 Å². The summed E-state index contributed by atoms with van der Waals surface area (Å²) in [4.78, 5) is 27.1. The third-order valence-corrected chi connectivity index (χ3v) is 3.98. The molecule has 1 amide bonds. The normalized spacial score (nSPS) is 11.6. The van der Waals surface area contributed by atoms with Gasteiger partial charge >= 0.3 is 6.18 Å². The largest absolute Gasteiger partial charge is 0.417 e. The first kappa shape index (κ1) is 18.6. The SMILES string of the molecule is Cc1nc2ccc(C(F)(F)F)cn2c1C(=O)Nc1ccc(Cl)cc1[N+](=O)[O-]. The van der Waals surface area contributed by atoms with Crippen molar-refractivity contribution < 1.29 is 22.9 Å². The van der Waals surface area contributed by atoms with Gasteiger partial charge in [-0.1, -0.05) is 11.6 Å². The van der Waals surface area contributed by atoms with Gasteiger partial charge < -0.3 is 5.32 Å². The van der Waals surface area contributed by atoms with Crippen molar-refractivity contribution in [3.8, 4) is 0 Å². The van der Waals surface area contributed by atoms with Crippen LogP contribution in [0.3, 0.4) is 0 Å². The van der Waals surface area contributed by atoms with Crippen LogP contribution < -0.4 is 5.32 Å². The molecule has 0 bridgehead atoms. The van der Waals surface area contributed by atoms with Crippen LogP contribution in [0, 0.1) is 17.0 Å². The van der Waals surface area contributed by atoms with Gasteiger partial charge in [0.25, 0.3) is 11.6 Å². The molecule has 1 N–H and O–H groups in total. The summed E-state index contributed by atoms with van der Waals surface area (Å²) in [7, 11) is 0. The number of hydrogen-bond donors (Lipinski definition) is 1. The molecule has 7 nitrogen and oxygen atoms in total. The summed E-state index contributed by atoms with van der Waals surface area (Å²) in [5, 5.41) is 13.6. The Hall–Kier alpha value is -3.14. The van der Waals surface area contributed by atoms with E-state index in [0.717, 1.165) is 28.8 Å². The second kappa shape index (κ2) is 6.54. The highest BCUT2D eigenvalue weighted by atomic mass is 35.5. The predicted molar refractivity (Wildman–Crippen MR) is 91.0 cm³/mol. The topological polar surface area (TPSA) is 89.5 Å². The molecule has 3 aromatic rings. The number of amides is 1. The number of hydrogen-bond acceptors (Lipinski definition) is 4. The van der Waals surface area contributed by atoms with Gasteiger partial charge in [-0.2, -0.15) is 13.2 Å². The minimum absolute atomic E-state index is 0.0977. The number of halogens is 4. The van der Waals surface area contributed by atoms with Gasteiger partial charge in [-0.05, 0) is 31.2 Å². The van der Waals surface area contributed by atoms with Gasteiger partial charge in [-0.3, -0.25) is 19.3 Å². The average molecular weight is 399 g/mol. The molecule has 0 aliphatic carbocycles. The predicted octanol–water partition coefficient (Wildman–Crippen LogP) is 4.48. The quantitative estimate of drug-likeness (QED) is 0.520. The number of benzene rings is 1. The number of pyridine rings is 1. The van der Waals surface area contributed by atoms with Crippen molar-refractivity contribution in [2.24, 2.45) is 0 Å². The summed E-state index contributed by atoms with van der Waals surface area (Å²) in [6, 6.07) is 5.62. The Morgan fingerprint density at radius 3 is 2.63 bits per heavy atom. The number of nitrogens with zero attached hydrogens (tertiary/aromatic N) is 3. The van der Waals surface area contributed by atoms with Crippen LogP contribution in [0.25, 0.3) is 5.65 Å². The van der Waals surface area contributed by atoms with Crippen molar-refractivity contribution in [2.45, 2.75) is 13.1 Å². The maximum atomic E-state index is 13.0. The minimum atomic E-state index is -4.60. The molecule has 0 saturated carbocycles. The lowest BCUT2D eigenvalue weighted by Gasteiger charge is -2.09. The Morgan fingerprint density at radius 2 is 2.00 bits per heavy atom. The molecule has 2 heterocycles. The lowest BCUT2D eigenvalue weighted by atomic mass is 10.2. The third kappa shape index (κ3) is 3.56. The van der Waals surface area contributed by atoms with E-state index in [4.69, 9.17) is 11.6 Å².